The fourth-order valence-electron chi connectivity index (χ4n) is 2.69. The molecule has 0 aliphatic carbocycles. The van der Waals surface area contributed by atoms with Crippen LogP contribution in [0.3, 0.4) is 0 Å². The molecular formula is C14H22N6O6S. The van der Waals surface area contributed by atoms with Crippen molar-refractivity contribution in [3.63, 3.8) is 0 Å². The molecule has 1 aliphatic rings. The van der Waals surface area contributed by atoms with Crippen molar-refractivity contribution >= 4 is 33.4 Å². The number of rotatable bonds is 7. The van der Waals surface area contributed by atoms with E-state index < -0.39 is 20.9 Å². The maximum Gasteiger partial charge on any atom is 0.329 e. The maximum absolute atomic E-state index is 11.6. The molecular weight excluding hydrogens is 380 g/mol. The molecule has 12 nitrogen and oxygen atoms in total. The molecule has 1 aliphatic heterocycles. The van der Waals surface area contributed by atoms with Crippen LogP contribution in [0, 0.1) is 10.1 Å². The van der Waals surface area contributed by atoms with Gasteiger partial charge in [0.15, 0.2) is 0 Å². The van der Waals surface area contributed by atoms with E-state index >= 15 is 0 Å². The second-order valence-electron chi connectivity index (χ2n) is 6.17. The summed E-state index contributed by atoms with van der Waals surface area (Å²) in [6, 6.07) is -0.0665. The quantitative estimate of drug-likeness (QED) is 0.370. The minimum atomic E-state index is -3.22. The highest BCUT2D eigenvalue weighted by atomic mass is 32.2. The highest BCUT2D eigenvalue weighted by Gasteiger charge is 2.27. The first-order valence-electron chi connectivity index (χ1n) is 8.13. The van der Waals surface area contributed by atoms with E-state index in [1.54, 1.807) is 0 Å². The van der Waals surface area contributed by atoms with Crippen LogP contribution >= 0.6 is 0 Å². The van der Waals surface area contributed by atoms with Gasteiger partial charge in [0.2, 0.25) is 21.8 Å². The topological polar surface area (TPSA) is 148 Å². The van der Waals surface area contributed by atoms with E-state index in [0.29, 0.717) is 25.9 Å². The van der Waals surface area contributed by atoms with Gasteiger partial charge in [-0.05, 0) is 12.8 Å². The van der Waals surface area contributed by atoms with E-state index in [-0.39, 0.29) is 30.0 Å². The second-order valence-corrected chi connectivity index (χ2v) is 8.15. The predicted molar refractivity (Wildman–Crippen MR) is 97.0 cm³/mol. The first-order valence-corrected chi connectivity index (χ1v) is 9.97. The summed E-state index contributed by atoms with van der Waals surface area (Å²) in [6.07, 6.45) is 3.36. The Labute approximate surface area is 156 Å². The summed E-state index contributed by atoms with van der Waals surface area (Å²) in [6.45, 7) is 0.539. The number of nitrogens with zero attached hydrogens (tertiary/aromatic N) is 5. The van der Waals surface area contributed by atoms with Gasteiger partial charge < -0.3 is 15.0 Å². The minimum Gasteiger partial charge on any atom is -0.468 e. The zero-order valence-corrected chi connectivity index (χ0v) is 16.1. The molecule has 0 amide bonds. The summed E-state index contributed by atoms with van der Waals surface area (Å²) in [4.78, 5) is 31.5. The number of anilines is 2. The number of nitrogens with one attached hydrogen (secondary N) is 1. The molecule has 2 heterocycles. The number of sulfonamides is 1. The Hall–Kier alpha value is -2.54. The highest BCUT2D eigenvalue weighted by Crippen LogP contribution is 2.26. The monoisotopic (exact) mass is 402 g/mol. The molecule has 1 fully saturated rings. The number of likely N-dealkylation sites (N-methyl/N-ethyl adjacent to an activating group) is 1. The molecule has 150 valence electrons. The predicted octanol–water partition coefficient (Wildman–Crippen LogP) is -0.170. The largest absolute Gasteiger partial charge is 0.468 e. The van der Waals surface area contributed by atoms with Crippen LogP contribution in [0.4, 0.5) is 17.5 Å². The van der Waals surface area contributed by atoms with Gasteiger partial charge in [-0.15, -0.1) is 0 Å². The molecule has 0 radical (unpaired) electrons. The number of hydrogen-bond donors (Lipinski definition) is 1. The van der Waals surface area contributed by atoms with Gasteiger partial charge in [0.1, 0.15) is 12.7 Å². The lowest BCUT2D eigenvalue weighted by Crippen LogP contribution is -2.42. The number of carbonyl (C=O) groups is 1. The van der Waals surface area contributed by atoms with E-state index in [0.717, 1.165) is 6.20 Å². The summed E-state index contributed by atoms with van der Waals surface area (Å²) in [5.74, 6) is -0.408. The van der Waals surface area contributed by atoms with Gasteiger partial charge in [-0.25, -0.2) is 17.7 Å². The maximum atomic E-state index is 11.6. The third-order valence-corrected chi connectivity index (χ3v) is 5.46. The molecule has 27 heavy (non-hydrogen) atoms. The summed E-state index contributed by atoms with van der Waals surface area (Å²) >= 11 is 0. The molecule has 13 heteroatoms. The number of nitro groups is 1. The van der Waals surface area contributed by atoms with Crippen LogP contribution in [0.25, 0.3) is 0 Å². The van der Waals surface area contributed by atoms with Gasteiger partial charge in [0.05, 0.1) is 18.3 Å². The molecule has 2 rings (SSSR count). The van der Waals surface area contributed by atoms with E-state index in [4.69, 9.17) is 0 Å². The van der Waals surface area contributed by atoms with Gasteiger partial charge in [0, 0.05) is 26.2 Å². The van der Waals surface area contributed by atoms with Crippen LogP contribution in [-0.2, 0) is 19.6 Å². The number of ether oxygens (including phenoxy) is 1. The van der Waals surface area contributed by atoms with Crippen molar-refractivity contribution in [1.29, 1.82) is 0 Å². The number of carbonyl (C=O) groups excluding carboxylic acids is 1. The van der Waals surface area contributed by atoms with Crippen molar-refractivity contribution < 1.29 is 22.9 Å². The number of aromatic nitrogens is 2. The summed E-state index contributed by atoms with van der Waals surface area (Å²) in [7, 11) is -0.511. The van der Waals surface area contributed by atoms with E-state index in [1.165, 1.54) is 29.6 Å². The Morgan fingerprint density at radius 3 is 2.63 bits per heavy atom. The van der Waals surface area contributed by atoms with E-state index in [9.17, 15) is 23.3 Å². The average molecular weight is 402 g/mol. The normalized spacial score (nSPS) is 16.0. The zero-order chi connectivity index (χ0) is 20.2. The van der Waals surface area contributed by atoms with Crippen LogP contribution in [-0.4, -0.2) is 79.7 Å². The van der Waals surface area contributed by atoms with Crippen LogP contribution in [0.2, 0.25) is 0 Å². The molecule has 0 unspecified atom stereocenters. The smallest absolute Gasteiger partial charge is 0.329 e. The van der Waals surface area contributed by atoms with Gasteiger partial charge in [0.25, 0.3) is 0 Å². The fraction of sp³-hybridized carbons (Fsp3) is 0.643. The molecule has 0 saturated carbocycles. The van der Waals surface area contributed by atoms with Crippen molar-refractivity contribution in [1.82, 2.24) is 14.3 Å². The third-order valence-electron chi connectivity index (χ3n) is 4.16. The zero-order valence-electron chi connectivity index (χ0n) is 15.3. The molecule has 0 aromatic carbocycles. The number of piperidine rings is 1. The molecule has 0 bridgehead atoms. The summed E-state index contributed by atoms with van der Waals surface area (Å²) < 4.78 is 29.1. The van der Waals surface area contributed by atoms with Crippen molar-refractivity contribution in [3.05, 3.63) is 16.3 Å². The standard InChI is InChI=1S/C14H22N6O6S/c1-18(9-12(21)26-2)13-11(20(22)23)8-15-14(17-13)16-10-4-6-19(7-5-10)27(3,24)25/h8,10H,4-7,9H2,1-3H3,(H,15,16,17). The molecule has 1 N–H and O–H groups in total. The van der Waals surface area contributed by atoms with Gasteiger partial charge in [-0.1, -0.05) is 0 Å². The van der Waals surface area contributed by atoms with E-state index in [1.807, 2.05) is 0 Å². The van der Waals surface area contributed by atoms with Crippen LogP contribution in [0.15, 0.2) is 6.20 Å². The van der Waals surface area contributed by atoms with Crippen molar-refractivity contribution in [3.8, 4) is 0 Å². The Morgan fingerprint density at radius 2 is 2.11 bits per heavy atom. The van der Waals surface area contributed by atoms with Gasteiger partial charge in [-0.3, -0.25) is 14.9 Å². The van der Waals surface area contributed by atoms with Gasteiger partial charge in [-0.2, -0.15) is 4.98 Å². The van der Waals surface area contributed by atoms with Crippen LogP contribution in [0.1, 0.15) is 12.8 Å². The number of hydrogen-bond acceptors (Lipinski definition) is 10. The van der Waals surface area contributed by atoms with Gasteiger partial charge >= 0.3 is 11.7 Å². The van der Waals surface area contributed by atoms with E-state index in [2.05, 4.69) is 20.0 Å². The molecule has 0 atom stereocenters. The third kappa shape index (κ3) is 5.47. The first-order chi connectivity index (χ1) is 12.6. The Bertz CT molecular complexity index is 808. The molecule has 0 spiro atoms. The number of methoxy groups -OCH3 is 1. The molecule has 1 aromatic heterocycles. The SMILES string of the molecule is COC(=O)CN(C)c1nc(NC2CCN(S(C)(=O)=O)CC2)ncc1[N+](=O)[O-]. The minimum absolute atomic E-state index is 0.0172. The summed E-state index contributed by atoms with van der Waals surface area (Å²) in [5.41, 5.74) is -0.334. The molecule has 1 aromatic rings. The fourth-order valence-corrected chi connectivity index (χ4v) is 3.57. The van der Waals surface area contributed by atoms with Crippen LogP contribution < -0.4 is 10.2 Å². The second kappa shape index (κ2) is 8.43. The van der Waals surface area contributed by atoms with Crippen molar-refractivity contribution in [2.24, 2.45) is 0 Å². The summed E-state index contributed by atoms with van der Waals surface area (Å²) in [5, 5.41) is 14.3. The van der Waals surface area contributed by atoms with Crippen molar-refractivity contribution in [2.45, 2.75) is 18.9 Å². The lowest BCUT2D eigenvalue weighted by molar-refractivity contribution is -0.384. The Balaban J connectivity index is 2.13. The lowest BCUT2D eigenvalue weighted by Gasteiger charge is -2.30. The number of esters is 1. The average Bonchev–Trinajstić information content (AvgIpc) is 2.61. The van der Waals surface area contributed by atoms with Crippen LogP contribution in [0.5, 0.6) is 0 Å². The van der Waals surface area contributed by atoms with Crippen molar-refractivity contribution in [2.75, 3.05) is 50.3 Å². The molecule has 1 saturated heterocycles. The highest BCUT2D eigenvalue weighted by molar-refractivity contribution is 7.88. The Kier molecular flexibility index (Phi) is 6.49. The Morgan fingerprint density at radius 1 is 1.48 bits per heavy atom. The first kappa shape index (κ1) is 20.8. The lowest BCUT2D eigenvalue weighted by atomic mass is 10.1.